The molecule has 214 valence electrons. The number of piperazine rings is 1. The van der Waals surface area contributed by atoms with Crippen LogP contribution in [0.3, 0.4) is 0 Å². The van der Waals surface area contributed by atoms with Gasteiger partial charge in [-0.15, -0.1) is 0 Å². The van der Waals surface area contributed by atoms with Crippen LogP contribution in [-0.2, 0) is 27.4 Å². The van der Waals surface area contributed by atoms with Crippen molar-refractivity contribution in [2.75, 3.05) is 60.2 Å². The lowest BCUT2D eigenvalue weighted by Crippen LogP contribution is -2.44. The molecule has 1 fully saturated rings. The molecule has 10 heteroatoms. The average molecular weight is 551 g/mol. The third-order valence-electron chi connectivity index (χ3n) is 8.12. The fourth-order valence-corrected chi connectivity index (χ4v) is 5.44. The van der Waals surface area contributed by atoms with Gasteiger partial charge in [-0.1, -0.05) is 13.5 Å². The first-order valence-corrected chi connectivity index (χ1v) is 13.8. The van der Waals surface area contributed by atoms with Crippen molar-refractivity contribution < 1.29 is 28.9 Å². The van der Waals surface area contributed by atoms with E-state index in [-0.39, 0.29) is 30.9 Å². The molecule has 1 atom stereocenters. The molecule has 10 nitrogen and oxygen atoms in total. The zero-order chi connectivity index (χ0) is 28.4. The van der Waals surface area contributed by atoms with Crippen LogP contribution in [0.4, 0.5) is 0 Å². The highest BCUT2D eigenvalue weighted by atomic mass is 16.6. The van der Waals surface area contributed by atoms with Crippen LogP contribution in [0.25, 0.3) is 16.6 Å². The van der Waals surface area contributed by atoms with Crippen LogP contribution in [0.15, 0.2) is 30.4 Å². The van der Waals surface area contributed by atoms with E-state index in [4.69, 9.17) is 19.2 Å². The number of pyridine rings is 1. The van der Waals surface area contributed by atoms with Crippen molar-refractivity contribution >= 4 is 28.8 Å². The van der Waals surface area contributed by atoms with Gasteiger partial charge in [0.15, 0.2) is 17.8 Å². The van der Waals surface area contributed by atoms with Crippen molar-refractivity contribution in [3.05, 3.63) is 47.2 Å². The van der Waals surface area contributed by atoms with Gasteiger partial charge in [0.25, 0.3) is 0 Å². The Labute approximate surface area is 234 Å². The summed E-state index contributed by atoms with van der Waals surface area (Å²) >= 11 is 0. The highest BCUT2D eigenvalue weighted by molar-refractivity contribution is 5.95. The molecule has 0 saturated carbocycles. The number of benzene rings is 1. The number of hydrogen-bond acceptors (Lipinski definition) is 9. The van der Waals surface area contributed by atoms with Crippen LogP contribution < -0.4 is 9.47 Å². The zero-order valence-corrected chi connectivity index (χ0v) is 23.6. The monoisotopic (exact) mass is 550 g/mol. The van der Waals surface area contributed by atoms with Crippen LogP contribution in [0, 0.1) is 0 Å². The molecule has 5 rings (SSSR count). The number of likely N-dealkylation sites (N-methyl/N-ethyl adjacent to an activating group) is 1. The van der Waals surface area contributed by atoms with Gasteiger partial charge in [0.2, 0.25) is 5.91 Å². The summed E-state index contributed by atoms with van der Waals surface area (Å²) in [7, 11) is 3.69. The highest BCUT2D eigenvalue weighted by Gasteiger charge is 2.36. The molecule has 1 saturated heterocycles. The van der Waals surface area contributed by atoms with Gasteiger partial charge in [-0.3, -0.25) is 14.5 Å². The molecule has 1 aromatic heterocycles. The summed E-state index contributed by atoms with van der Waals surface area (Å²) in [6, 6.07) is 3.90. The van der Waals surface area contributed by atoms with Crippen LogP contribution in [0.1, 0.15) is 36.6 Å². The molecule has 4 heterocycles. The number of methoxy groups -OCH3 is 1. The number of nitrogens with zero attached hydrogens (tertiary/aromatic N) is 4. The number of rotatable bonds is 9. The van der Waals surface area contributed by atoms with Gasteiger partial charge in [0, 0.05) is 56.8 Å². The maximum atomic E-state index is 13.5. The highest BCUT2D eigenvalue weighted by Crippen LogP contribution is 2.42. The molecule has 0 radical (unpaired) electrons. The fourth-order valence-electron chi connectivity index (χ4n) is 5.44. The van der Waals surface area contributed by atoms with E-state index in [0.29, 0.717) is 55.5 Å². The van der Waals surface area contributed by atoms with E-state index in [1.54, 1.807) is 25.0 Å². The molecule has 0 aliphatic carbocycles. The van der Waals surface area contributed by atoms with E-state index in [2.05, 4.69) is 23.4 Å². The standard InChI is InChI=1S/C30H38N4O6/c1-5-30(37,19-35)20(2)14-25-29-23(18-34(25)28(36)6-11-38-4)22(17-33-9-7-32(3)8-10-33)21-15-26-27(16-24(21)31-29)40-13-12-39-26/h14-16,19,37H,2,5-13,17-18H2,1,3-4H3/b25-14-. The van der Waals surface area contributed by atoms with Crippen molar-refractivity contribution in [2.45, 2.75) is 38.5 Å². The van der Waals surface area contributed by atoms with Crippen molar-refractivity contribution in [2.24, 2.45) is 0 Å². The lowest BCUT2D eigenvalue weighted by molar-refractivity contribution is -0.129. The van der Waals surface area contributed by atoms with Crippen LogP contribution in [-0.4, -0.2) is 103 Å². The number of carbonyl (C=O) groups is 2. The number of aldehydes is 1. The summed E-state index contributed by atoms with van der Waals surface area (Å²) < 4.78 is 17.0. The number of aromatic nitrogens is 1. The number of aliphatic hydroxyl groups is 1. The summed E-state index contributed by atoms with van der Waals surface area (Å²) in [6.07, 6.45) is 2.47. The van der Waals surface area contributed by atoms with Crippen molar-refractivity contribution in [3.63, 3.8) is 0 Å². The van der Waals surface area contributed by atoms with Gasteiger partial charge in [-0.2, -0.15) is 0 Å². The zero-order valence-electron chi connectivity index (χ0n) is 23.6. The quantitative estimate of drug-likeness (QED) is 0.471. The summed E-state index contributed by atoms with van der Waals surface area (Å²) in [6.45, 7) is 11.8. The second-order valence-electron chi connectivity index (χ2n) is 10.7. The molecule has 1 amide bonds. The second-order valence-corrected chi connectivity index (χ2v) is 10.7. The second kappa shape index (κ2) is 11.7. The first-order chi connectivity index (χ1) is 19.3. The van der Waals surface area contributed by atoms with E-state index in [0.717, 1.165) is 48.2 Å². The Morgan fingerprint density at radius 1 is 1.20 bits per heavy atom. The van der Waals surface area contributed by atoms with Gasteiger partial charge in [-0.05, 0) is 36.7 Å². The van der Waals surface area contributed by atoms with Gasteiger partial charge >= 0.3 is 0 Å². The Morgan fingerprint density at radius 3 is 2.55 bits per heavy atom. The minimum atomic E-state index is -1.74. The minimum Gasteiger partial charge on any atom is -0.486 e. The molecule has 2 aromatic rings. The average Bonchev–Trinajstić information content (AvgIpc) is 3.33. The van der Waals surface area contributed by atoms with E-state index in [9.17, 15) is 14.7 Å². The van der Waals surface area contributed by atoms with E-state index >= 15 is 0 Å². The minimum absolute atomic E-state index is 0.134. The number of hydrogen-bond donors (Lipinski definition) is 1. The van der Waals surface area contributed by atoms with Gasteiger partial charge in [0.05, 0.1) is 36.5 Å². The number of ether oxygens (including phenoxy) is 3. The van der Waals surface area contributed by atoms with Gasteiger partial charge in [-0.25, -0.2) is 4.98 Å². The van der Waals surface area contributed by atoms with Crippen LogP contribution >= 0.6 is 0 Å². The topological polar surface area (TPSA) is 105 Å². The normalized spacial score (nSPS) is 20.0. The summed E-state index contributed by atoms with van der Waals surface area (Å²) in [5.41, 5.74) is 2.40. The van der Waals surface area contributed by atoms with Gasteiger partial charge < -0.3 is 29.1 Å². The Bertz CT molecular complexity index is 1350. The fraction of sp³-hybridized carbons (Fsp3) is 0.500. The van der Waals surface area contributed by atoms with E-state index in [1.807, 2.05) is 12.1 Å². The van der Waals surface area contributed by atoms with Crippen LogP contribution in [0.5, 0.6) is 11.5 Å². The molecular weight excluding hydrogens is 512 g/mol. The molecule has 40 heavy (non-hydrogen) atoms. The molecule has 1 unspecified atom stereocenters. The third-order valence-corrected chi connectivity index (χ3v) is 8.12. The number of fused-ring (bicyclic) bond motifs is 3. The lowest BCUT2D eigenvalue weighted by atomic mass is 9.92. The summed E-state index contributed by atoms with van der Waals surface area (Å²) in [5.74, 6) is 1.19. The molecule has 1 aromatic carbocycles. The Kier molecular flexibility index (Phi) is 8.23. The molecule has 0 spiro atoms. The van der Waals surface area contributed by atoms with Crippen molar-refractivity contribution in [3.8, 4) is 11.5 Å². The smallest absolute Gasteiger partial charge is 0.229 e. The van der Waals surface area contributed by atoms with Crippen LogP contribution in [0.2, 0.25) is 0 Å². The Balaban J connectivity index is 1.68. The van der Waals surface area contributed by atoms with Crippen molar-refractivity contribution in [1.29, 1.82) is 0 Å². The first-order valence-electron chi connectivity index (χ1n) is 13.8. The third kappa shape index (κ3) is 5.36. The lowest BCUT2D eigenvalue weighted by Gasteiger charge is -2.33. The summed E-state index contributed by atoms with van der Waals surface area (Å²) in [4.78, 5) is 36.7. The van der Waals surface area contributed by atoms with E-state index < -0.39 is 5.60 Å². The Morgan fingerprint density at radius 2 is 1.90 bits per heavy atom. The molecule has 0 bridgehead atoms. The van der Waals surface area contributed by atoms with Crippen molar-refractivity contribution in [1.82, 2.24) is 19.7 Å². The predicted octanol–water partition coefficient (Wildman–Crippen LogP) is 2.37. The SMILES string of the molecule is C=C(/C=C1/c2nc3cc4c(cc3c(CN3CCN(C)CC3)c2CN1C(=O)CCOC)OCCO4)C(O)(C=O)CC. The predicted molar refractivity (Wildman–Crippen MR) is 151 cm³/mol. The van der Waals surface area contributed by atoms with Gasteiger partial charge in [0.1, 0.15) is 18.8 Å². The Hall–Kier alpha value is -3.31. The van der Waals surface area contributed by atoms with E-state index in [1.165, 1.54) is 0 Å². The maximum absolute atomic E-state index is 13.5. The molecule has 3 aliphatic rings. The molecule has 3 aliphatic heterocycles. The number of amides is 1. The summed E-state index contributed by atoms with van der Waals surface area (Å²) in [5, 5.41) is 11.8. The first kappa shape index (κ1) is 28.2. The molecule has 1 N–H and O–H groups in total. The molecular formula is C30H38N4O6. The largest absolute Gasteiger partial charge is 0.486 e. The maximum Gasteiger partial charge on any atom is 0.229 e. The number of carbonyl (C=O) groups excluding carboxylic acids is 2.